The summed E-state index contributed by atoms with van der Waals surface area (Å²) in [7, 11) is 0. The van der Waals surface area contributed by atoms with Gasteiger partial charge in [-0.25, -0.2) is 4.79 Å². The van der Waals surface area contributed by atoms with Gasteiger partial charge in [-0.05, 0) is 25.0 Å². The molecule has 98 valence electrons. The number of amides is 1. The van der Waals surface area contributed by atoms with Crippen LogP contribution in [0, 0.1) is 5.92 Å². The molecule has 0 aliphatic carbocycles. The van der Waals surface area contributed by atoms with E-state index in [2.05, 4.69) is 5.32 Å². The molecule has 18 heavy (non-hydrogen) atoms. The van der Waals surface area contributed by atoms with Crippen molar-refractivity contribution in [3.05, 3.63) is 28.8 Å². The van der Waals surface area contributed by atoms with Gasteiger partial charge in [0.15, 0.2) is 0 Å². The number of hydrogen-bond acceptors (Lipinski definition) is 2. The van der Waals surface area contributed by atoms with Gasteiger partial charge in [0.25, 0.3) is 0 Å². The summed E-state index contributed by atoms with van der Waals surface area (Å²) in [6.45, 7) is 3.84. The highest BCUT2D eigenvalue weighted by Gasteiger charge is 2.19. The van der Waals surface area contributed by atoms with Gasteiger partial charge in [0.2, 0.25) is 5.91 Å². The summed E-state index contributed by atoms with van der Waals surface area (Å²) >= 11 is 5.82. The molecule has 1 rings (SSSR count). The fourth-order valence-corrected chi connectivity index (χ4v) is 2.00. The lowest BCUT2D eigenvalue weighted by Gasteiger charge is -2.14. The van der Waals surface area contributed by atoms with Crippen molar-refractivity contribution in [3.63, 3.8) is 0 Å². The minimum absolute atomic E-state index is 0.0709. The highest BCUT2D eigenvalue weighted by atomic mass is 35.5. The van der Waals surface area contributed by atoms with Gasteiger partial charge in [0.1, 0.15) is 5.56 Å². The monoisotopic (exact) mass is 269 g/mol. The molecule has 0 radical (unpaired) electrons. The van der Waals surface area contributed by atoms with E-state index in [-0.39, 0.29) is 28.1 Å². The molecule has 0 aliphatic rings. The second-order valence-electron chi connectivity index (χ2n) is 3.97. The molecule has 0 fully saturated rings. The summed E-state index contributed by atoms with van der Waals surface area (Å²) < 4.78 is 0. The molecule has 1 aromatic carbocycles. The number of aromatic carboxylic acids is 1. The first-order valence-electron chi connectivity index (χ1n) is 5.83. The van der Waals surface area contributed by atoms with E-state index in [1.54, 1.807) is 6.07 Å². The van der Waals surface area contributed by atoms with Crippen molar-refractivity contribution in [2.45, 2.75) is 26.7 Å². The van der Waals surface area contributed by atoms with Crippen LogP contribution in [0.1, 0.15) is 37.0 Å². The maximum Gasteiger partial charge on any atom is 0.339 e. The first kappa shape index (κ1) is 14.5. The number of carbonyl (C=O) groups is 2. The van der Waals surface area contributed by atoms with E-state index in [0.29, 0.717) is 12.8 Å². The van der Waals surface area contributed by atoms with E-state index < -0.39 is 5.97 Å². The fourth-order valence-electron chi connectivity index (χ4n) is 1.74. The molecule has 0 heterocycles. The number of nitrogens with one attached hydrogen (secondary N) is 1. The largest absolute Gasteiger partial charge is 0.478 e. The summed E-state index contributed by atoms with van der Waals surface area (Å²) in [5.41, 5.74) is 0.172. The van der Waals surface area contributed by atoms with E-state index in [9.17, 15) is 9.59 Å². The Bertz CT molecular complexity index is 456. The van der Waals surface area contributed by atoms with Gasteiger partial charge in [0, 0.05) is 5.92 Å². The molecule has 0 aliphatic heterocycles. The lowest BCUT2D eigenvalue weighted by atomic mass is 10.0. The van der Waals surface area contributed by atoms with E-state index in [0.717, 1.165) is 0 Å². The van der Waals surface area contributed by atoms with Crippen LogP contribution < -0.4 is 5.32 Å². The highest BCUT2D eigenvalue weighted by molar-refractivity contribution is 6.34. The van der Waals surface area contributed by atoms with E-state index >= 15 is 0 Å². The number of hydrogen-bond donors (Lipinski definition) is 2. The smallest absolute Gasteiger partial charge is 0.339 e. The third-order valence-electron chi connectivity index (χ3n) is 2.84. The van der Waals surface area contributed by atoms with Crippen molar-refractivity contribution < 1.29 is 14.7 Å². The molecule has 0 unspecified atom stereocenters. The molecule has 1 aromatic rings. The van der Waals surface area contributed by atoms with Gasteiger partial charge >= 0.3 is 5.97 Å². The van der Waals surface area contributed by atoms with Crippen LogP contribution in [0.3, 0.4) is 0 Å². The molecule has 0 saturated carbocycles. The lowest BCUT2D eigenvalue weighted by Crippen LogP contribution is -2.23. The predicted octanol–water partition coefficient (Wildman–Crippen LogP) is 3.41. The third-order valence-corrected chi connectivity index (χ3v) is 3.16. The molecule has 0 atom stereocenters. The fraction of sp³-hybridized carbons (Fsp3) is 0.385. The summed E-state index contributed by atoms with van der Waals surface area (Å²) in [4.78, 5) is 23.0. The van der Waals surface area contributed by atoms with Crippen LogP contribution in [0.15, 0.2) is 18.2 Å². The maximum atomic E-state index is 11.9. The van der Waals surface area contributed by atoms with Gasteiger partial charge in [-0.1, -0.05) is 31.5 Å². The molecular formula is C13H16ClNO3. The van der Waals surface area contributed by atoms with Gasteiger partial charge in [0.05, 0.1) is 10.7 Å². The summed E-state index contributed by atoms with van der Waals surface area (Å²) in [5, 5.41) is 11.8. The zero-order chi connectivity index (χ0) is 13.7. The maximum absolute atomic E-state index is 11.9. The average molecular weight is 270 g/mol. The number of benzene rings is 1. The molecule has 0 saturated heterocycles. The number of carboxylic acid groups (broad SMARTS) is 1. The first-order valence-corrected chi connectivity index (χ1v) is 6.21. The Morgan fingerprint density at radius 1 is 1.33 bits per heavy atom. The van der Waals surface area contributed by atoms with Crippen molar-refractivity contribution in [2.75, 3.05) is 5.32 Å². The Labute approximate surface area is 111 Å². The van der Waals surface area contributed by atoms with Gasteiger partial charge in [-0.15, -0.1) is 0 Å². The van der Waals surface area contributed by atoms with E-state index in [1.807, 2.05) is 13.8 Å². The van der Waals surface area contributed by atoms with Crippen LogP contribution in [0.2, 0.25) is 5.02 Å². The Morgan fingerprint density at radius 2 is 1.94 bits per heavy atom. The van der Waals surface area contributed by atoms with Crippen molar-refractivity contribution in [1.82, 2.24) is 0 Å². The number of rotatable bonds is 5. The minimum atomic E-state index is -1.15. The van der Waals surface area contributed by atoms with Crippen LogP contribution in [0.5, 0.6) is 0 Å². The second kappa shape index (κ2) is 6.40. The van der Waals surface area contributed by atoms with Gasteiger partial charge in [-0.2, -0.15) is 0 Å². The zero-order valence-electron chi connectivity index (χ0n) is 10.4. The Hall–Kier alpha value is -1.55. The molecular weight excluding hydrogens is 254 g/mol. The Morgan fingerprint density at radius 3 is 2.44 bits per heavy atom. The quantitative estimate of drug-likeness (QED) is 0.861. The minimum Gasteiger partial charge on any atom is -0.478 e. The van der Waals surface area contributed by atoms with Crippen molar-refractivity contribution >= 4 is 29.2 Å². The summed E-state index contributed by atoms with van der Waals surface area (Å²) in [6.07, 6.45) is 1.43. The molecule has 2 N–H and O–H groups in total. The van der Waals surface area contributed by atoms with E-state index in [4.69, 9.17) is 16.7 Å². The Kier molecular flexibility index (Phi) is 5.16. The lowest BCUT2D eigenvalue weighted by molar-refractivity contribution is -0.120. The molecule has 0 aromatic heterocycles. The average Bonchev–Trinajstić information content (AvgIpc) is 2.30. The number of carboxylic acids is 1. The van der Waals surface area contributed by atoms with Crippen molar-refractivity contribution in [1.29, 1.82) is 0 Å². The highest BCUT2D eigenvalue weighted by Crippen LogP contribution is 2.25. The second-order valence-corrected chi connectivity index (χ2v) is 4.38. The summed E-state index contributed by atoms with van der Waals surface area (Å²) in [5.74, 6) is -1.45. The third kappa shape index (κ3) is 3.23. The molecule has 4 nitrogen and oxygen atoms in total. The van der Waals surface area contributed by atoms with Crippen molar-refractivity contribution in [3.8, 4) is 0 Å². The topological polar surface area (TPSA) is 66.4 Å². The van der Waals surface area contributed by atoms with Crippen LogP contribution >= 0.6 is 11.6 Å². The molecule has 0 bridgehead atoms. The Balaban J connectivity index is 3.01. The standard InChI is InChI=1S/C13H16ClNO3/c1-3-8(4-2)12(16)15-10-7-5-6-9(14)11(10)13(17)18/h5-8H,3-4H2,1-2H3,(H,15,16)(H,17,18). The zero-order valence-corrected chi connectivity index (χ0v) is 11.1. The van der Waals surface area contributed by atoms with Gasteiger partial charge in [-0.3, -0.25) is 4.79 Å². The number of halogens is 1. The van der Waals surface area contributed by atoms with E-state index in [1.165, 1.54) is 12.1 Å². The first-order chi connectivity index (χ1) is 8.51. The van der Waals surface area contributed by atoms with Crippen LogP contribution in [-0.2, 0) is 4.79 Å². The summed E-state index contributed by atoms with van der Waals surface area (Å²) in [6, 6.07) is 4.63. The number of anilines is 1. The number of carbonyl (C=O) groups excluding carboxylic acids is 1. The van der Waals surface area contributed by atoms with Crippen molar-refractivity contribution in [2.24, 2.45) is 5.92 Å². The normalized spacial score (nSPS) is 10.4. The van der Waals surface area contributed by atoms with Crippen LogP contribution in [0.25, 0.3) is 0 Å². The SMILES string of the molecule is CCC(CC)C(=O)Nc1cccc(Cl)c1C(=O)O. The predicted molar refractivity (Wildman–Crippen MR) is 71.1 cm³/mol. The molecule has 1 amide bonds. The van der Waals surface area contributed by atoms with Gasteiger partial charge < -0.3 is 10.4 Å². The van der Waals surface area contributed by atoms with Crippen LogP contribution in [-0.4, -0.2) is 17.0 Å². The molecule has 0 spiro atoms. The van der Waals surface area contributed by atoms with Crippen LogP contribution in [0.4, 0.5) is 5.69 Å². The molecule has 5 heteroatoms.